The van der Waals surface area contributed by atoms with Gasteiger partial charge in [0.2, 0.25) is 0 Å². The van der Waals surface area contributed by atoms with Crippen LogP contribution in [0.25, 0.3) is 5.69 Å². The molecule has 0 aliphatic heterocycles. The Morgan fingerprint density at radius 2 is 1.59 bits per heavy atom. The predicted molar refractivity (Wildman–Crippen MR) is 121 cm³/mol. The summed E-state index contributed by atoms with van der Waals surface area (Å²) in [6.07, 6.45) is 1.53. The van der Waals surface area contributed by atoms with Crippen molar-refractivity contribution >= 4 is 17.6 Å². The Labute approximate surface area is 198 Å². The zero-order valence-corrected chi connectivity index (χ0v) is 18.5. The summed E-state index contributed by atoms with van der Waals surface area (Å²) < 4.78 is 28.6. The summed E-state index contributed by atoms with van der Waals surface area (Å²) in [7, 11) is 0. The predicted octanol–water partition coefficient (Wildman–Crippen LogP) is 4.81. The molecule has 34 heavy (non-hydrogen) atoms. The second kappa shape index (κ2) is 9.98. The number of carboxylic acid groups (broad SMARTS) is 1. The van der Waals surface area contributed by atoms with Gasteiger partial charge in [0.15, 0.2) is 5.75 Å². The molecule has 0 saturated carbocycles. The standard InChI is InChI=1S/C24H19ClF2N4O3/c25-17-9-21(24(33)34)23(32)22(10-17)31-14-20(28-29-31)13-30(11-15-3-1-5-18(26)7-15)12-16-4-2-6-19(27)8-16/h1-10,14,32H,11-13H2,(H,33,34). The molecule has 1 heterocycles. The van der Waals surface area contributed by atoms with Crippen LogP contribution >= 0.6 is 11.6 Å². The van der Waals surface area contributed by atoms with E-state index in [1.807, 2.05) is 4.90 Å². The average molecular weight is 485 g/mol. The molecular formula is C24H19ClF2N4O3. The number of aromatic nitrogens is 3. The number of rotatable bonds is 8. The molecule has 0 saturated heterocycles. The number of carboxylic acids is 1. The Morgan fingerprint density at radius 1 is 0.971 bits per heavy atom. The van der Waals surface area contributed by atoms with Gasteiger partial charge in [0, 0.05) is 24.7 Å². The minimum absolute atomic E-state index is 0.0606. The van der Waals surface area contributed by atoms with E-state index in [1.165, 1.54) is 41.2 Å². The Hall–Kier alpha value is -3.82. The van der Waals surface area contributed by atoms with Crippen LogP contribution in [0.5, 0.6) is 5.75 Å². The van der Waals surface area contributed by atoms with Gasteiger partial charge in [-0.3, -0.25) is 4.90 Å². The van der Waals surface area contributed by atoms with Gasteiger partial charge in [-0.1, -0.05) is 41.1 Å². The van der Waals surface area contributed by atoms with Crippen molar-refractivity contribution in [1.29, 1.82) is 0 Å². The molecule has 2 N–H and O–H groups in total. The fraction of sp³-hybridized carbons (Fsp3) is 0.125. The number of phenols is 1. The highest BCUT2D eigenvalue weighted by atomic mass is 35.5. The first kappa shape index (κ1) is 23.3. The molecular weight excluding hydrogens is 466 g/mol. The molecule has 0 bridgehead atoms. The van der Waals surface area contributed by atoms with Gasteiger partial charge in [-0.25, -0.2) is 18.3 Å². The topological polar surface area (TPSA) is 91.5 Å². The number of aromatic hydroxyl groups is 1. The van der Waals surface area contributed by atoms with Crippen molar-refractivity contribution < 1.29 is 23.8 Å². The van der Waals surface area contributed by atoms with Crippen molar-refractivity contribution in [2.45, 2.75) is 19.6 Å². The van der Waals surface area contributed by atoms with E-state index in [2.05, 4.69) is 10.3 Å². The lowest BCUT2D eigenvalue weighted by atomic mass is 10.1. The number of hydrogen-bond donors (Lipinski definition) is 2. The number of carbonyl (C=O) groups is 1. The number of halogens is 3. The Kier molecular flexibility index (Phi) is 6.85. The van der Waals surface area contributed by atoms with E-state index in [0.29, 0.717) is 18.8 Å². The Balaban J connectivity index is 1.61. The summed E-state index contributed by atoms with van der Waals surface area (Å²) in [6.45, 7) is 0.972. The monoisotopic (exact) mass is 484 g/mol. The van der Waals surface area contributed by atoms with Gasteiger partial charge in [0.05, 0.1) is 11.9 Å². The van der Waals surface area contributed by atoms with E-state index in [1.54, 1.807) is 24.3 Å². The van der Waals surface area contributed by atoms with Gasteiger partial charge in [0.25, 0.3) is 0 Å². The van der Waals surface area contributed by atoms with Gasteiger partial charge in [-0.15, -0.1) is 5.10 Å². The van der Waals surface area contributed by atoms with E-state index < -0.39 is 11.7 Å². The van der Waals surface area contributed by atoms with E-state index in [9.17, 15) is 23.8 Å². The fourth-order valence-corrected chi connectivity index (χ4v) is 3.81. The molecule has 0 radical (unpaired) electrons. The van der Waals surface area contributed by atoms with Crippen LogP contribution in [0.2, 0.25) is 5.02 Å². The summed E-state index contributed by atoms with van der Waals surface area (Å²) >= 11 is 6.01. The van der Waals surface area contributed by atoms with E-state index >= 15 is 0 Å². The third-order valence-corrected chi connectivity index (χ3v) is 5.27. The molecule has 1 aromatic heterocycles. The number of hydrogen-bond acceptors (Lipinski definition) is 5. The van der Waals surface area contributed by atoms with Crippen LogP contribution in [-0.2, 0) is 19.6 Å². The zero-order chi connectivity index (χ0) is 24.2. The molecule has 4 aromatic rings. The molecule has 0 fully saturated rings. The van der Waals surface area contributed by atoms with Crippen LogP contribution in [0.4, 0.5) is 8.78 Å². The highest BCUT2D eigenvalue weighted by Crippen LogP contribution is 2.30. The molecule has 7 nitrogen and oxygen atoms in total. The summed E-state index contributed by atoms with van der Waals surface area (Å²) in [4.78, 5) is 13.3. The quantitative estimate of drug-likeness (QED) is 0.373. The lowest BCUT2D eigenvalue weighted by Crippen LogP contribution is -2.22. The van der Waals surface area contributed by atoms with Crippen molar-refractivity contribution in [3.05, 3.63) is 106 Å². The molecule has 0 amide bonds. The lowest BCUT2D eigenvalue weighted by molar-refractivity contribution is 0.0693. The van der Waals surface area contributed by atoms with Crippen molar-refractivity contribution in [2.75, 3.05) is 0 Å². The van der Waals surface area contributed by atoms with Crippen LogP contribution in [0.15, 0.2) is 66.9 Å². The largest absolute Gasteiger partial charge is 0.505 e. The molecule has 0 aliphatic carbocycles. The Morgan fingerprint density at radius 3 is 2.15 bits per heavy atom. The number of aromatic carboxylic acids is 1. The summed E-state index contributed by atoms with van der Waals surface area (Å²) in [5.41, 5.74) is 1.64. The van der Waals surface area contributed by atoms with Crippen LogP contribution in [0.3, 0.4) is 0 Å². The fourth-order valence-electron chi connectivity index (χ4n) is 3.59. The van der Waals surface area contributed by atoms with Crippen molar-refractivity contribution in [3.63, 3.8) is 0 Å². The minimum Gasteiger partial charge on any atom is -0.505 e. The van der Waals surface area contributed by atoms with Crippen molar-refractivity contribution in [1.82, 2.24) is 19.9 Å². The van der Waals surface area contributed by atoms with Crippen LogP contribution < -0.4 is 0 Å². The summed E-state index contributed by atoms with van der Waals surface area (Å²) in [6, 6.07) is 14.9. The van der Waals surface area contributed by atoms with Gasteiger partial charge in [-0.05, 0) is 47.5 Å². The average Bonchev–Trinajstić information content (AvgIpc) is 3.23. The molecule has 0 spiro atoms. The minimum atomic E-state index is -1.34. The molecule has 174 valence electrons. The molecule has 0 atom stereocenters. The normalized spacial score (nSPS) is 11.2. The second-order valence-corrected chi connectivity index (χ2v) is 8.12. The maximum absolute atomic E-state index is 13.7. The maximum Gasteiger partial charge on any atom is 0.339 e. The first-order valence-corrected chi connectivity index (χ1v) is 10.5. The lowest BCUT2D eigenvalue weighted by Gasteiger charge is -2.21. The SMILES string of the molecule is O=C(O)c1cc(Cl)cc(-n2cc(CN(Cc3cccc(F)c3)Cc3cccc(F)c3)nn2)c1O. The van der Waals surface area contributed by atoms with Crippen LogP contribution in [0.1, 0.15) is 27.2 Å². The van der Waals surface area contributed by atoms with Crippen LogP contribution in [0, 0.1) is 11.6 Å². The van der Waals surface area contributed by atoms with Gasteiger partial charge in [0.1, 0.15) is 22.9 Å². The van der Waals surface area contributed by atoms with E-state index in [-0.39, 0.29) is 34.5 Å². The van der Waals surface area contributed by atoms with E-state index in [4.69, 9.17) is 11.6 Å². The highest BCUT2D eigenvalue weighted by molar-refractivity contribution is 6.31. The van der Waals surface area contributed by atoms with Crippen molar-refractivity contribution in [3.8, 4) is 11.4 Å². The first-order valence-electron chi connectivity index (χ1n) is 10.2. The van der Waals surface area contributed by atoms with E-state index in [0.717, 1.165) is 17.2 Å². The number of benzene rings is 3. The maximum atomic E-state index is 13.7. The molecule has 0 aliphatic rings. The zero-order valence-electron chi connectivity index (χ0n) is 17.7. The second-order valence-electron chi connectivity index (χ2n) is 7.69. The molecule has 10 heteroatoms. The van der Waals surface area contributed by atoms with Crippen molar-refractivity contribution in [2.24, 2.45) is 0 Å². The highest BCUT2D eigenvalue weighted by Gasteiger charge is 2.18. The summed E-state index contributed by atoms with van der Waals surface area (Å²) in [5.74, 6) is -2.55. The third-order valence-electron chi connectivity index (χ3n) is 5.05. The molecule has 4 rings (SSSR count). The molecule has 3 aromatic carbocycles. The molecule has 0 unspecified atom stereocenters. The van der Waals surface area contributed by atoms with Gasteiger partial charge in [-0.2, -0.15) is 0 Å². The Bertz CT molecular complexity index is 1300. The van der Waals surface area contributed by atoms with Gasteiger partial charge >= 0.3 is 5.97 Å². The smallest absolute Gasteiger partial charge is 0.339 e. The van der Waals surface area contributed by atoms with Crippen LogP contribution in [-0.4, -0.2) is 36.1 Å². The van der Waals surface area contributed by atoms with Gasteiger partial charge < -0.3 is 10.2 Å². The first-order chi connectivity index (χ1) is 16.3. The number of nitrogens with zero attached hydrogens (tertiary/aromatic N) is 4. The summed E-state index contributed by atoms with van der Waals surface area (Å²) in [5, 5.41) is 27.9. The third kappa shape index (κ3) is 5.56.